The fourth-order valence-corrected chi connectivity index (χ4v) is 2.67. The van der Waals surface area contributed by atoms with Gasteiger partial charge in [0.2, 0.25) is 0 Å². The van der Waals surface area contributed by atoms with Crippen LogP contribution in [-0.2, 0) is 0 Å². The molecule has 0 aliphatic heterocycles. The molecular weight excluding hydrogens is 307 g/mol. The maximum atomic E-state index is 13.2. The molecule has 0 unspecified atom stereocenters. The van der Waals surface area contributed by atoms with E-state index in [1.54, 1.807) is 27.9 Å². The highest BCUT2D eigenvalue weighted by molar-refractivity contribution is 5.97. The first-order chi connectivity index (χ1) is 11.7. The van der Waals surface area contributed by atoms with Gasteiger partial charge in [-0.15, -0.1) is 0 Å². The number of amides is 1. The molecule has 0 bridgehead atoms. The molecule has 2 aromatic heterocycles. The van der Waals surface area contributed by atoms with Gasteiger partial charge >= 0.3 is 0 Å². The maximum absolute atomic E-state index is 13.2. The number of carbonyl (C=O) groups excluding carboxylic acids is 1. The molecule has 0 N–H and O–H groups in total. The van der Waals surface area contributed by atoms with E-state index in [0.717, 1.165) is 0 Å². The summed E-state index contributed by atoms with van der Waals surface area (Å²) in [6.07, 6.45) is 5.28. The van der Waals surface area contributed by atoms with Crippen molar-refractivity contribution in [2.45, 2.75) is 13.8 Å². The lowest BCUT2D eigenvalue weighted by atomic mass is 10.2. The van der Waals surface area contributed by atoms with Crippen LogP contribution in [-0.4, -0.2) is 38.2 Å². The van der Waals surface area contributed by atoms with E-state index in [9.17, 15) is 9.18 Å². The average Bonchev–Trinajstić information content (AvgIpc) is 3.25. The van der Waals surface area contributed by atoms with Crippen LogP contribution < -0.4 is 0 Å². The normalized spacial score (nSPS) is 10.8. The third-order valence-electron chi connectivity index (χ3n) is 3.95. The molecule has 24 heavy (non-hydrogen) atoms. The third-order valence-corrected chi connectivity index (χ3v) is 3.95. The summed E-state index contributed by atoms with van der Waals surface area (Å²) in [7, 11) is 0. The van der Waals surface area contributed by atoms with Crippen molar-refractivity contribution in [2.75, 3.05) is 13.1 Å². The molecule has 0 saturated carbocycles. The Balaban J connectivity index is 2.14. The Hall–Kier alpha value is -2.89. The highest BCUT2D eigenvalue weighted by Gasteiger charge is 2.22. The van der Waals surface area contributed by atoms with Crippen LogP contribution in [0.4, 0.5) is 4.39 Å². The standard InChI is InChI=1S/C18H19FN4O/c1-3-21(4-2)18(24)16-13-20-23(15-9-7-14(19)8-10-15)17(16)22-11-5-6-12-22/h5-13H,3-4H2,1-2H3. The second kappa shape index (κ2) is 6.70. The quantitative estimate of drug-likeness (QED) is 0.722. The molecule has 0 atom stereocenters. The van der Waals surface area contributed by atoms with Crippen molar-refractivity contribution in [2.24, 2.45) is 0 Å². The van der Waals surface area contributed by atoms with Crippen molar-refractivity contribution in [3.63, 3.8) is 0 Å². The van der Waals surface area contributed by atoms with Gasteiger partial charge in [-0.05, 0) is 50.2 Å². The zero-order valence-electron chi connectivity index (χ0n) is 13.7. The van der Waals surface area contributed by atoms with Gasteiger partial charge in [0.05, 0.1) is 11.9 Å². The van der Waals surface area contributed by atoms with Gasteiger partial charge in [0.15, 0.2) is 5.82 Å². The van der Waals surface area contributed by atoms with Crippen LogP contribution in [0.1, 0.15) is 24.2 Å². The molecule has 0 radical (unpaired) electrons. The van der Waals surface area contributed by atoms with Crippen LogP contribution in [0.15, 0.2) is 55.0 Å². The molecule has 0 saturated heterocycles. The van der Waals surface area contributed by atoms with Gasteiger partial charge in [0.25, 0.3) is 5.91 Å². The van der Waals surface area contributed by atoms with Crippen LogP contribution in [0, 0.1) is 5.82 Å². The second-order valence-electron chi connectivity index (χ2n) is 5.34. The molecule has 6 heteroatoms. The molecule has 3 rings (SSSR count). The molecule has 2 heterocycles. The fraction of sp³-hybridized carbons (Fsp3) is 0.222. The summed E-state index contributed by atoms with van der Waals surface area (Å²) < 4.78 is 16.7. The molecule has 0 fully saturated rings. The Morgan fingerprint density at radius 1 is 1.12 bits per heavy atom. The topological polar surface area (TPSA) is 43.1 Å². The van der Waals surface area contributed by atoms with Crippen LogP contribution in [0.25, 0.3) is 11.5 Å². The van der Waals surface area contributed by atoms with E-state index in [2.05, 4.69) is 5.10 Å². The number of rotatable bonds is 5. The molecule has 0 spiro atoms. The Morgan fingerprint density at radius 2 is 1.75 bits per heavy atom. The van der Waals surface area contributed by atoms with Crippen molar-refractivity contribution < 1.29 is 9.18 Å². The largest absolute Gasteiger partial charge is 0.339 e. The lowest BCUT2D eigenvalue weighted by Gasteiger charge is -2.19. The summed E-state index contributed by atoms with van der Waals surface area (Å²) in [6, 6.07) is 9.80. The summed E-state index contributed by atoms with van der Waals surface area (Å²) in [4.78, 5) is 14.6. The van der Waals surface area contributed by atoms with Gasteiger partial charge in [-0.3, -0.25) is 4.79 Å². The van der Waals surface area contributed by atoms with E-state index >= 15 is 0 Å². The summed E-state index contributed by atoms with van der Waals surface area (Å²) in [6.45, 7) is 5.15. The van der Waals surface area contributed by atoms with Gasteiger partial charge in [-0.25, -0.2) is 9.07 Å². The van der Waals surface area contributed by atoms with Crippen molar-refractivity contribution in [1.82, 2.24) is 19.2 Å². The number of nitrogens with zero attached hydrogens (tertiary/aromatic N) is 4. The van der Waals surface area contributed by atoms with E-state index < -0.39 is 0 Å². The molecule has 1 amide bonds. The van der Waals surface area contributed by atoms with E-state index in [1.165, 1.54) is 12.1 Å². The average molecular weight is 326 g/mol. The van der Waals surface area contributed by atoms with E-state index in [4.69, 9.17) is 0 Å². The van der Waals surface area contributed by atoms with Gasteiger partial charge in [0, 0.05) is 25.5 Å². The monoisotopic (exact) mass is 326 g/mol. The van der Waals surface area contributed by atoms with E-state index in [0.29, 0.717) is 30.2 Å². The minimum absolute atomic E-state index is 0.0722. The van der Waals surface area contributed by atoms with E-state index in [-0.39, 0.29) is 11.7 Å². The molecule has 124 valence electrons. The minimum atomic E-state index is -0.312. The number of benzene rings is 1. The molecule has 0 aliphatic carbocycles. The number of halogens is 1. The van der Waals surface area contributed by atoms with Crippen LogP contribution in [0.3, 0.4) is 0 Å². The second-order valence-corrected chi connectivity index (χ2v) is 5.34. The highest BCUT2D eigenvalue weighted by Crippen LogP contribution is 2.21. The molecular formula is C18H19FN4O. The zero-order chi connectivity index (χ0) is 17.1. The van der Waals surface area contributed by atoms with Crippen molar-refractivity contribution >= 4 is 5.91 Å². The van der Waals surface area contributed by atoms with Crippen LogP contribution in [0.2, 0.25) is 0 Å². The smallest absolute Gasteiger partial charge is 0.259 e. The lowest BCUT2D eigenvalue weighted by Crippen LogP contribution is -2.31. The summed E-state index contributed by atoms with van der Waals surface area (Å²) in [5.41, 5.74) is 1.21. The Labute approximate surface area is 139 Å². The molecule has 3 aromatic rings. The van der Waals surface area contributed by atoms with Gasteiger partial charge in [-0.1, -0.05) is 0 Å². The van der Waals surface area contributed by atoms with Crippen molar-refractivity contribution in [1.29, 1.82) is 0 Å². The van der Waals surface area contributed by atoms with Gasteiger partial charge in [-0.2, -0.15) is 5.10 Å². The van der Waals surface area contributed by atoms with Crippen molar-refractivity contribution in [3.8, 4) is 11.5 Å². The molecule has 5 nitrogen and oxygen atoms in total. The predicted octanol–water partition coefficient (Wildman–Crippen LogP) is 3.28. The predicted molar refractivity (Wildman–Crippen MR) is 90.1 cm³/mol. The Bertz CT molecular complexity index is 817. The first-order valence-corrected chi connectivity index (χ1v) is 7.92. The van der Waals surface area contributed by atoms with Gasteiger partial charge in [0.1, 0.15) is 11.4 Å². The first kappa shape index (κ1) is 16.0. The van der Waals surface area contributed by atoms with Crippen LogP contribution in [0.5, 0.6) is 0 Å². The van der Waals surface area contributed by atoms with Crippen molar-refractivity contribution in [3.05, 3.63) is 66.4 Å². The van der Waals surface area contributed by atoms with E-state index in [1.807, 2.05) is 42.9 Å². The maximum Gasteiger partial charge on any atom is 0.259 e. The summed E-state index contributed by atoms with van der Waals surface area (Å²) >= 11 is 0. The fourth-order valence-electron chi connectivity index (χ4n) is 2.67. The zero-order valence-corrected chi connectivity index (χ0v) is 13.7. The number of aromatic nitrogens is 3. The molecule has 1 aromatic carbocycles. The highest BCUT2D eigenvalue weighted by atomic mass is 19.1. The lowest BCUT2D eigenvalue weighted by molar-refractivity contribution is 0.0773. The first-order valence-electron chi connectivity index (χ1n) is 7.92. The summed E-state index contributed by atoms with van der Waals surface area (Å²) in [5, 5.41) is 4.37. The third kappa shape index (κ3) is 2.82. The molecule has 0 aliphatic rings. The Kier molecular flexibility index (Phi) is 4.46. The minimum Gasteiger partial charge on any atom is -0.339 e. The number of hydrogen-bond acceptors (Lipinski definition) is 2. The SMILES string of the molecule is CCN(CC)C(=O)c1cnn(-c2ccc(F)cc2)c1-n1cccc1. The number of carbonyl (C=O) groups is 1. The van der Waals surface area contributed by atoms with Gasteiger partial charge < -0.3 is 9.47 Å². The van der Waals surface area contributed by atoms with Crippen LogP contribution >= 0.6 is 0 Å². The Morgan fingerprint density at radius 3 is 2.33 bits per heavy atom. The number of hydrogen-bond donors (Lipinski definition) is 0. The summed E-state index contributed by atoms with van der Waals surface area (Å²) in [5.74, 6) is 0.258.